The van der Waals surface area contributed by atoms with Crippen LogP contribution in [-0.2, 0) is 0 Å². The van der Waals surface area contributed by atoms with Crippen molar-refractivity contribution >= 4 is 29.4 Å². The van der Waals surface area contributed by atoms with Gasteiger partial charge in [-0.3, -0.25) is 4.79 Å². The Balaban J connectivity index is 2.70. The fourth-order valence-electron chi connectivity index (χ4n) is 2.14. The third kappa shape index (κ3) is 3.26. The van der Waals surface area contributed by atoms with Gasteiger partial charge in [0.15, 0.2) is 11.9 Å². The quantitative estimate of drug-likeness (QED) is 0.653. The van der Waals surface area contributed by atoms with E-state index in [1.165, 1.54) is 10.7 Å². The van der Waals surface area contributed by atoms with Crippen molar-refractivity contribution in [2.24, 2.45) is 0 Å². The molecule has 2 aromatic rings. The molecule has 2 heterocycles. The molecule has 0 aliphatic heterocycles. The highest BCUT2D eigenvalue weighted by atomic mass is 35.5. The summed E-state index contributed by atoms with van der Waals surface area (Å²) >= 11 is 6.18. The highest BCUT2D eigenvalue weighted by molar-refractivity contribution is 6.30. The average Bonchev–Trinajstić information content (AvgIpc) is 2.88. The maximum absolute atomic E-state index is 12.9. The predicted molar refractivity (Wildman–Crippen MR) is 81.2 cm³/mol. The number of anilines is 1. The van der Waals surface area contributed by atoms with E-state index in [1.54, 1.807) is 0 Å². The molecule has 0 bridgehead atoms. The van der Waals surface area contributed by atoms with Crippen LogP contribution in [0, 0.1) is 0 Å². The van der Waals surface area contributed by atoms with Gasteiger partial charge in [-0.25, -0.2) is 4.98 Å². The largest absolute Gasteiger partial charge is 0.408 e. The highest BCUT2D eigenvalue weighted by Gasteiger charge is 2.37. The second-order valence-electron chi connectivity index (χ2n) is 5.34. The van der Waals surface area contributed by atoms with Gasteiger partial charge in [-0.15, -0.1) is 0 Å². The summed E-state index contributed by atoms with van der Waals surface area (Å²) in [4.78, 5) is 15.1. The number of halogens is 4. The third-order valence-corrected chi connectivity index (χ3v) is 4.03. The lowest BCUT2D eigenvalue weighted by atomic mass is 10.0. The Bertz CT molecular complexity index is 729. The zero-order valence-corrected chi connectivity index (χ0v) is 13.5. The Kier molecular flexibility index (Phi) is 4.84. The van der Waals surface area contributed by atoms with Gasteiger partial charge in [0, 0.05) is 5.56 Å². The van der Waals surface area contributed by atoms with E-state index >= 15 is 0 Å². The molecule has 0 aliphatic rings. The minimum atomic E-state index is -4.44. The van der Waals surface area contributed by atoms with E-state index in [1.807, 2.05) is 13.8 Å². The molecule has 2 rings (SSSR count). The second kappa shape index (κ2) is 6.35. The average molecular weight is 349 g/mol. The van der Waals surface area contributed by atoms with Crippen LogP contribution in [0.2, 0.25) is 5.15 Å². The number of nitrogens with one attached hydrogen (secondary N) is 1. The van der Waals surface area contributed by atoms with Crippen LogP contribution in [0.3, 0.4) is 0 Å². The first-order chi connectivity index (χ1) is 10.7. The van der Waals surface area contributed by atoms with Gasteiger partial charge in [0.2, 0.25) is 0 Å². The maximum Gasteiger partial charge on any atom is 0.408 e. The van der Waals surface area contributed by atoms with Crippen molar-refractivity contribution in [3.05, 3.63) is 22.5 Å². The van der Waals surface area contributed by atoms with Crippen molar-refractivity contribution in [1.82, 2.24) is 14.6 Å². The molecule has 0 saturated carbocycles. The smallest absolute Gasteiger partial charge is 0.358 e. The Morgan fingerprint density at radius 1 is 1.43 bits per heavy atom. The van der Waals surface area contributed by atoms with Gasteiger partial charge in [-0.1, -0.05) is 25.4 Å². The first kappa shape index (κ1) is 17.5. The number of nitrogens with zero attached hydrogens (tertiary/aromatic N) is 3. The summed E-state index contributed by atoms with van der Waals surface area (Å²) in [6.07, 6.45) is -2.00. The first-order valence-corrected chi connectivity index (χ1v) is 7.44. The van der Waals surface area contributed by atoms with Gasteiger partial charge in [-0.05, 0) is 19.3 Å². The molecule has 126 valence electrons. The highest BCUT2D eigenvalue weighted by Crippen LogP contribution is 2.35. The van der Waals surface area contributed by atoms with E-state index in [-0.39, 0.29) is 28.1 Å². The van der Waals surface area contributed by atoms with Crippen molar-refractivity contribution in [2.75, 3.05) is 5.32 Å². The summed E-state index contributed by atoms with van der Waals surface area (Å²) in [6.45, 7) is 4.73. The van der Waals surface area contributed by atoms with E-state index in [2.05, 4.69) is 15.4 Å². The summed E-state index contributed by atoms with van der Waals surface area (Å²) < 4.78 is 40.0. The van der Waals surface area contributed by atoms with Crippen LogP contribution in [-0.4, -0.2) is 33.1 Å². The summed E-state index contributed by atoms with van der Waals surface area (Å²) in [7, 11) is 0. The lowest BCUT2D eigenvalue weighted by molar-refractivity contribution is -0.138. The molecule has 2 atom stereocenters. The zero-order valence-electron chi connectivity index (χ0n) is 12.8. The lowest BCUT2D eigenvalue weighted by Gasteiger charge is -2.23. The monoisotopic (exact) mass is 348 g/mol. The number of aromatic nitrogens is 3. The summed E-state index contributed by atoms with van der Waals surface area (Å²) in [5, 5.41) is 6.46. The molecule has 1 N–H and O–H groups in total. The fourth-order valence-corrected chi connectivity index (χ4v) is 2.50. The van der Waals surface area contributed by atoms with Crippen LogP contribution in [0.25, 0.3) is 5.65 Å². The van der Waals surface area contributed by atoms with Gasteiger partial charge in [-0.2, -0.15) is 22.8 Å². The van der Waals surface area contributed by atoms with Gasteiger partial charge in [0.1, 0.15) is 17.0 Å². The molecule has 2 unspecified atom stereocenters. The molecule has 23 heavy (non-hydrogen) atoms. The van der Waals surface area contributed by atoms with Crippen molar-refractivity contribution in [2.45, 2.75) is 45.3 Å². The lowest BCUT2D eigenvalue weighted by Crippen LogP contribution is -2.34. The number of hydrogen-bond acceptors (Lipinski definition) is 4. The Morgan fingerprint density at radius 2 is 2.09 bits per heavy atom. The number of fused-ring (bicyclic) bond motifs is 1. The van der Waals surface area contributed by atoms with Crippen LogP contribution in [0.1, 0.15) is 49.0 Å². The first-order valence-electron chi connectivity index (χ1n) is 7.06. The Hall–Kier alpha value is -1.83. The van der Waals surface area contributed by atoms with E-state index in [0.29, 0.717) is 18.3 Å². The van der Waals surface area contributed by atoms with Crippen LogP contribution >= 0.6 is 11.6 Å². The normalized spacial score (nSPS) is 14.7. The predicted octanol–water partition coefficient (Wildman–Crippen LogP) is 4.07. The zero-order chi connectivity index (χ0) is 17.4. The van der Waals surface area contributed by atoms with Crippen molar-refractivity contribution < 1.29 is 18.0 Å². The van der Waals surface area contributed by atoms with Gasteiger partial charge >= 0.3 is 6.18 Å². The molecular formula is C14H16ClF3N4O. The number of carbonyl (C=O) groups is 1. The molecular weight excluding hydrogens is 333 g/mol. The summed E-state index contributed by atoms with van der Waals surface area (Å²) in [6, 6.07) is -1.81. The molecule has 0 aliphatic carbocycles. The Morgan fingerprint density at radius 3 is 2.61 bits per heavy atom. The molecule has 0 aromatic carbocycles. The number of carbonyl (C=O) groups excluding carboxylic acids is 1. The fraction of sp³-hybridized carbons (Fsp3) is 0.500. The molecule has 0 saturated heterocycles. The molecule has 2 aromatic heterocycles. The van der Waals surface area contributed by atoms with E-state index < -0.39 is 12.2 Å². The molecule has 0 fully saturated rings. The van der Waals surface area contributed by atoms with Crippen LogP contribution in [0.4, 0.5) is 19.0 Å². The number of alkyl halides is 3. The minimum Gasteiger partial charge on any atom is -0.358 e. The topological polar surface area (TPSA) is 59.3 Å². The number of aldehydes is 1. The second-order valence-corrected chi connectivity index (χ2v) is 5.69. The molecule has 0 amide bonds. The van der Waals surface area contributed by atoms with Gasteiger partial charge < -0.3 is 5.32 Å². The van der Waals surface area contributed by atoms with E-state index in [4.69, 9.17) is 11.6 Å². The minimum absolute atomic E-state index is 0.0623. The third-order valence-electron chi connectivity index (χ3n) is 3.74. The van der Waals surface area contributed by atoms with E-state index in [9.17, 15) is 18.0 Å². The van der Waals surface area contributed by atoms with Crippen molar-refractivity contribution in [3.8, 4) is 0 Å². The molecule has 0 spiro atoms. The van der Waals surface area contributed by atoms with Gasteiger partial charge in [0.25, 0.3) is 0 Å². The summed E-state index contributed by atoms with van der Waals surface area (Å²) in [5.74, 6) is -0.0292. The Labute approximate surface area is 135 Å². The van der Waals surface area contributed by atoms with Crippen LogP contribution < -0.4 is 5.32 Å². The maximum atomic E-state index is 12.9. The van der Waals surface area contributed by atoms with Gasteiger partial charge in [0.05, 0.1) is 11.8 Å². The number of hydrogen-bond donors (Lipinski definition) is 1. The summed E-state index contributed by atoms with van der Waals surface area (Å²) in [5.41, 5.74) is 0.720. The van der Waals surface area contributed by atoms with Crippen LogP contribution in [0.5, 0.6) is 0 Å². The SMILES string of the molecule is CCC(C)c1c(Cl)nc2c(C=O)cnn2c1NC(C)C(F)(F)F. The molecule has 5 nitrogen and oxygen atoms in total. The number of rotatable bonds is 5. The van der Waals surface area contributed by atoms with Crippen molar-refractivity contribution in [1.29, 1.82) is 0 Å². The van der Waals surface area contributed by atoms with Crippen molar-refractivity contribution in [3.63, 3.8) is 0 Å². The van der Waals surface area contributed by atoms with Crippen LogP contribution in [0.15, 0.2) is 6.20 Å². The standard InChI is InChI=1S/C14H16ClF3N4O/c1-4-7(2)10-11(15)21-12-9(6-23)5-19-22(12)13(10)20-8(3)14(16,17)18/h5-8,20H,4H2,1-3H3. The molecule has 9 heteroatoms. The molecule has 0 radical (unpaired) electrons. The van der Waals surface area contributed by atoms with E-state index in [0.717, 1.165) is 6.92 Å².